The summed E-state index contributed by atoms with van der Waals surface area (Å²) < 4.78 is 17.3. The van der Waals surface area contributed by atoms with Crippen LogP contribution in [0.4, 0.5) is 15.9 Å². The maximum atomic E-state index is 15.3. The molecule has 6 rings (SSSR count). The van der Waals surface area contributed by atoms with Gasteiger partial charge in [-0.3, -0.25) is 4.90 Å². The molecule has 2 aromatic carbocycles. The number of halogens is 1. The number of anilines is 2. The summed E-state index contributed by atoms with van der Waals surface area (Å²) in [4.78, 5) is 13.9. The van der Waals surface area contributed by atoms with Gasteiger partial charge in [-0.2, -0.15) is 5.10 Å². The Hall–Kier alpha value is -3.56. The number of likely N-dealkylation sites (N-methyl/N-ethyl adjacent to an activating group) is 1. The molecule has 4 aromatic rings. The minimum atomic E-state index is -0.316. The van der Waals surface area contributed by atoms with Crippen molar-refractivity contribution in [2.24, 2.45) is 0 Å². The van der Waals surface area contributed by atoms with E-state index in [1.165, 1.54) is 11.9 Å². The Kier molecular flexibility index (Phi) is 7.67. The third-order valence-electron chi connectivity index (χ3n) is 8.79. The van der Waals surface area contributed by atoms with E-state index in [0.29, 0.717) is 40.7 Å². The molecular weight excluding hydrogens is 503 g/mol. The van der Waals surface area contributed by atoms with Crippen molar-refractivity contribution in [1.29, 1.82) is 0 Å². The molecule has 40 heavy (non-hydrogen) atoms. The maximum absolute atomic E-state index is 15.3. The van der Waals surface area contributed by atoms with Gasteiger partial charge in [0.1, 0.15) is 23.7 Å². The number of nitrogens with zero attached hydrogens (tertiary/aromatic N) is 6. The van der Waals surface area contributed by atoms with Gasteiger partial charge in [-0.15, -0.1) is 0 Å². The first kappa shape index (κ1) is 26.7. The first-order valence-electron chi connectivity index (χ1n) is 14.5. The van der Waals surface area contributed by atoms with Gasteiger partial charge in [0.15, 0.2) is 5.65 Å². The third-order valence-corrected chi connectivity index (χ3v) is 8.79. The van der Waals surface area contributed by atoms with Crippen LogP contribution in [0.25, 0.3) is 22.3 Å². The summed E-state index contributed by atoms with van der Waals surface area (Å²) in [6.45, 7) is 7.34. The molecule has 1 saturated heterocycles. The van der Waals surface area contributed by atoms with Crippen molar-refractivity contribution in [3.63, 3.8) is 0 Å². The Morgan fingerprint density at radius 3 is 2.42 bits per heavy atom. The summed E-state index contributed by atoms with van der Waals surface area (Å²) in [5.74, 6) is 0.309. The fraction of sp³-hybridized carbons (Fsp3) is 0.452. The highest BCUT2D eigenvalue weighted by Crippen LogP contribution is 2.37. The Labute approximate surface area is 235 Å². The van der Waals surface area contributed by atoms with Crippen molar-refractivity contribution in [1.82, 2.24) is 29.5 Å². The SMILES string of the molecule is CC(CNc1ccc(-c2nn(C3CCC(N4CCN(C)CC4)CC3)c3ncnc(N)c23)cc1F)c1ccccc1. The van der Waals surface area contributed by atoms with Crippen LogP contribution in [0, 0.1) is 5.82 Å². The number of aromatic nitrogens is 4. The van der Waals surface area contributed by atoms with E-state index in [0.717, 1.165) is 57.5 Å². The van der Waals surface area contributed by atoms with E-state index in [1.54, 1.807) is 12.1 Å². The number of nitrogens with one attached hydrogen (secondary N) is 1. The number of fused-ring (bicyclic) bond motifs is 1. The van der Waals surface area contributed by atoms with E-state index in [1.807, 2.05) is 28.9 Å². The van der Waals surface area contributed by atoms with Crippen LogP contribution in [0.15, 0.2) is 54.9 Å². The average Bonchev–Trinajstić information content (AvgIpc) is 3.38. The zero-order valence-corrected chi connectivity index (χ0v) is 23.4. The van der Waals surface area contributed by atoms with Crippen molar-refractivity contribution in [2.75, 3.05) is 50.8 Å². The van der Waals surface area contributed by atoms with Crippen molar-refractivity contribution in [3.8, 4) is 11.3 Å². The number of piperazine rings is 1. The lowest BCUT2D eigenvalue weighted by molar-refractivity contribution is 0.0815. The maximum Gasteiger partial charge on any atom is 0.164 e. The Morgan fingerprint density at radius 2 is 1.70 bits per heavy atom. The Bertz CT molecular complexity index is 1440. The topological polar surface area (TPSA) is 88.1 Å². The standard InChI is InChI=1S/C31H39FN8/c1-21(22-6-4-3-5-7-22)19-34-27-13-8-23(18-26(27)32)29-28-30(33)35-20-36-31(28)40(37-29)25-11-9-24(10-12-25)39-16-14-38(2)15-17-39/h3-8,13,18,20-21,24-25,34H,9-12,14-17,19H2,1-2H3,(H2,33,35,36). The van der Waals surface area contributed by atoms with Crippen molar-refractivity contribution in [3.05, 3.63) is 66.2 Å². The van der Waals surface area contributed by atoms with E-state index in [-0.39, 0.29) is 17.8 Å². The summed E-state index contributed by atoms with van der Waals surface area (Å²) in [6.07, 6.45) is 5.85. The first-order valence-corrected chi connectivity index (χ1v) is 14.5. The van der Waals surface area contributed by atoms with E-state index in [9.17, 15) is 0 Å². The van der Waals surface area contributed by atoms with Crippen LogP contribution >= 0.6 is 0 Å². The molecule has 2 aromatic heterocycles. The van der Waals surface area contributed by atoms with Crippen molar-refractivity contribution < 1.29 is 4.39 Å². The van der Waals surface area contributed by atoms with Gasteiger partial charge in [0.05, 0.1) is 17.1 Å². The van der Waals surface area contributed by atoms with E-state index in [2.05, 4.69) is 51.2 Å². The minimum absolute atomic E-state index is 0.236. The zero-order chi connectivity index (χ0) is 27.6. The van der Waals surface area contributed by atoms with Gasteiger partial charge < -0.3 is 16.0 Å². The highest BCUT2D eigenvalue weighted by molar-refractivity contribution is 5.98. The van der Waals surface area contributed by atoms with Crippen LogP contribution in [0.3, 0.4) is 0 Å². The number of benzene rings is 2. The predicted octanol–water partition coefficient (Wildman–Crippen LogP) is 5.16. The first-order chi connectivity index (χ1) is 19.5. The molecule has 2 fully saturated rings. The summed E-state index contributed by atoms with van der Waals surface area (Å²) in [5.41, 5.74) is 10.1. The van der Waals surface area contributed by atoms with E-state index < -0.39 is 0 Å². The molecule has 0 amide bonds. The van der Waals surface area contributed by atoms with Gasteiger partial charge in [0.2, 0.25) is 0 Å². The molecule has 8 nitrogen and oxygen atoms in total. The van der Waals surface area contributed by atoms with Crippen molar-refractivity contribution >= 4 is 22.5 Å². The fourth-order valence-electron chi connectivity index (χ4n) is 6.28. The highest BCUT2D eigenvalue weighted by Gasteiger charge is 2.30. The lowest BCUT2D eigenvalue weighted by Crippen LogP contribution is -2.49. The summed E-state index contributed by atoms with van der Waals surface area (Å²) in [7, 11) is 2.20. The fourth-order valence-corrected chi connectivity index (χ4v) is 6.28. The predicted molar refractivity (Wildman–Crippen MR) is 159 cm³/mol. The van der Waals surface area contributed by atoms with Crippen LogP contribution in [0.5, 0.6) is 0 Å². The minimum Gasteiger partial charge on any atom is -0.383 e. The van der Waals surface area contributed by atoms with Gasteiger partial charge in [-0.05, 0) is 56.3 Å². The zero-order valence-electron chi connectivity index (χ0n) is 23.4. The lowest BCUT2D eigenvalue weighted by Gasteiger charge is -2.41. The van der Waals surface area contributed by atoms with Gasteiger partial charge in [-0.1, -0.05) is 43.3 Å². The van der Waals surface area contributed by atoms with Gasteiger partial charge in [-0.25, -0.2) is 19.0 Å². The third kappa shape index (κ3) is 5.40. The highest BCUT2D eigenvalue weighted by atomic mass is 19.1. The Morgan fingerprint density at radius 1 is 0.975 bits per heavy atom. The molecule has 210 valence electrons. The molecule has 1 atom stereocenters. The van der Waals surface area contributed by atoms with Crippen LogP contribution in [0.2, 0.25) is 0 Å². The number of rotatable bonds is 7. The molecule has 1 unspecified atom stereocenters. The van der Waals surface area contributed by atoms with Crippen LogP contribution in [0.1, 0.15) is 50.1 Å². The average molecular weight is 543 g/mol. The number of nitrogen functional groups attached to an aromatic ring is 1. The molecule has 0 radical (unpaired) electrons. The van der Waals surface area contributed by atoms with Gasteiger partial charge in [0, 0.05) is 44.3 Å². The van der Waals surface area contributed by atoms with Gasteiger partial charge >= 0.3 is 0 Å². The summed E-state index contributed by atoms with van der Waals surface area (Å²) in [6, 6.07) is 16.3. The molecule has 3 N–H and O–H groups in total. The number of nitrogens with two attached hydrogens (primary N) is 1. The number of hydrogen-bond acceptors (Lipinski definition) is 7. The number of hydrogen-bond donors (Lipinski definition) is 2. The Balaban J connectivity index is 1.21. The van der Waals surface area contributed by atoms with E-state index >= 15 is 4.39 Å². The quantitative estimate of drug-likeness (QED) is 0.333. The molecule has 9 heteroatoms. The second kappa shape index (κ2) is 11.5. The molecule has 0 spiro atoms. The molecule has 2 aliphatic rings. The second-order valence-corrected chi connectivity index (χ2v) is 11.4. The molecule has 0 bridgehead atoms. The van der Waals surface area contributed by atoms with Crippen LogP contribution in [-0.2, 0) is 0 Å². The second-order valence-electron chi connectivity index (χ2n) is 11.4. The lowest BCUT2D eigenvalue weighted by atomic mass is 9.90. The molecule has 1 aliphatic carbocycles. The van der Waals surface area contributed by atoms with E-state index in [4.69, 9.17) is 10.8 Å². The van der Waals surface area contributed by atoms with Gasteiger partial charge in [0.25, 0.3) is 0 Å². The molecule has 1 saturated carbocycles. The molecule has 1 aliphatic heterocycles. The normalized spacial score (nSPS) is 21.5. The van der Waals surface area contributed by atoms with Crippen LogP contribution in [-0.4, -0.2) is 75.4 Å². The van der Waals surface area contributed by atoms with Crippen molar-refractivity contribution in [2.45, 2.75) is 50.6 Å². The smallest absolute Gasteiger partial charge is 0.164 e. The molecular formula is C31H39FN8. The van der Waals surface area contributed by atoms with Crippen LogP contribution < -0.4 is 11.1 Å². The monoisotopic (exact) mass is 542 g/mol. The summed E-state index contributed by atoms with van der Waals surface area (Å²) in [5, 5.41) is 8.97. The molecule has 3 heterocycles. The summed E-state index contributed by atoms with van der Waals surface area (Å²) >= 11 is 0. The largest absolute Gasteiger partial charge is 0.383 e.